The van der Waals surface area contributed by atoms with Gasteiger partial charge in [-0.15, -0.1) is 10.2 Å². The molecule has 0 radical (unpaired) electrons. The van der Waals surface area contributed by atoms with Crippen LogP contribution in [0, 0.1) is 25.5 Å². The smallest absolute Gasteiger partial charge is 0.256 e. The van der Waals surface area contributed by atoms with Gasteiger partial charge in [0.1, 0.15) is 0 Å². The van der Waals surface area contributed by atoms with Gasteiger partial charge < -0.3 is 0 Å². The Balaban J connectivity index is 1.80. The molecule has 0 saturated heterocycles. The molecule has 0 N–H and O–H groups in total. The van der Waals surface area contributed by atoms with Crippen LogP contribution in [0.25, 0.3) is 5.78 Å². The Morgan fingerprint density at radius 3 is 2.70 bits per heavy atom. The fraction of sp³-hybridized carbons (Fsp3) is 0.200. The summed E-state index contributed by atoms with van der Waals surface area (Å²) in [5.41, 5.74) is 1.85. The summed E-state index contributed by atoms with van der Waals surface area (Å²) in [6, 6.07) is 4.99. The molecule has 1 aromatic carbocycles. The number of nitrogens with zero attached hydrogens (tertiary/aromatic N) is 4. The zero-order valence-corrected chi connectivity index (χ0v) is 13.2. The fourth-order valence-electron chi connectivity index (χ4n) is 2.18. The van der Waals surface area contributed by atoms with E-state index in [4.69, 9.17) is 0 Å². The van der Waals surface area contributed by atoms with Crippen molar-refractivity contribution in [3.63, 3.8) is 0 Å². The third kappa shape index (κ3) is 3.07. The quantitative estimate of drug-likeness (QED) is 0.542. The lowest BCUT2D eigenvalue weighted by atomic mass is 10.1. The van der Waals surface area contributed by atoms with Gasteiger partial charge in [-0.05, 0) is 38.1 Å². The van der Waals surface area contributed by atoms with Gasteiger partial charge >= 0.3 is 0 Å². The van der Waals surface area contributed by atoms with Gasteiger partial charge in [0.25, 0.3) is 5.78 Å². The average molecular weight is 334 g/mol. The van der Waals surface area contributed by atoms with Crippen molar-refractivity contribution in [3.05, 3.63) is 52.9 Å². The van der Waals surface area contributed by atoms with Crippen LogP contribution < -0.4 is 0 Å². The molecule has 2 aromatic heterocycles. The van der Waals surface area contributed by atoms with Crippen molar-refractivity contribution in [2.24, 2.45) is 0 Å². The Morgan fingerprint density at radius 1 is 1.17 bits per heavy atom. The summed E-state index contributed by atoms with van der Waals surface area (Å²) >= 11 is 1.17. The van der Waals surface area contributed by atoms with Gasteiger partial charge in [-0.3, -0.25) is 9.20 Å². The number of rotatable bonds is 4. The third-order valence-corrected chi connectivity index (χ3v) is 4.17. The number of halogens is 2. The Morgan fingerprint density at radius 2 is 1.96 bits per heavy atom. The number of carbonyl (C=O) groups excluding carboxylic acids is 1. The standard InChI is InChI=1S/C15H12F2N4OS/c1-8-5-9(2)21-14(18-8)19-20-15(21)23-7-13(22)10-3-4-11(16)12(17)6-10/h3-6H,7H2,1-2H3. The van der Waals surface area contributed by atoms with E-state index in [0.29, 0.717) is 10.9 Å². The second-order valence-electron chi connectivity index (χ2n) is 5.00. The lowest BCUT2D eigenvalue weighted by molar-refractivity contribution is 0.102. The van der Waals surface area contributed by atoms with Crippen molar-refractivity contribution < 1.29 is 13.6 Å². The summed E-state index contributed by atoms with van der Waals surface area (Å²) in [5, 5.41) is 8.53. The molecule has 8 heteroatoms. The summed E-state index contributed by atoms with van der Waals surface area (Å²) in [6.45, 7) is 3.76. The zero-order chi connectivity index (χ0) is 16.6. The van der Waals surface area contributed by atoms with Gasteiger partial charge in [0.15, 0.2) is 22.6 Å². The van der Waals surface area contributed by atoms with Crippen LogP contribution in [0.5, 0.6) is 0 Å². The molecule has 0 aliphatic carbocycles. The molecule has 0 aliphatic heterocycles. The Labute approximate surface area is 134 Å². The summed E-state index contributed by atoms with van der Waals surface area (Å²) in [4.78, 5) is 16.4. The van der Waals surface area contributed by atoms with Crippen LogP contribution in [0.1, 0.15) is 21.7 Å². The molecule has 0 amide bonds. The van der Waals surface area contributed by atoms with Crippen LogP contribution in [-0.4, -0.2) is 31.1 Å². The number of aromatic nitrogens is 4. The van der Waals surface area contributed by atoms with Gasteiger partial charge in [-0.2, -0.15) is 0 Å². The van der Waals surface area contributed by atoms with Crippen LogP contribution in [-0.2, 0) is 0 Å². The summed E-state index contributed by atoms with van der Waals surface area (Å²) in [6.07, 6.45) is 0. The van der Waals surface area contributed by atoms with E-state index in [1.54, 1.807) is 4.40 Å². The van der Waals surface area contributed by atoms with Gasteiger partial charge in [0.05, 0.1) is 5.75 Å². The highest BCUT2D eigenvalue weighted by Crippen LogP contribution is 2.20. The van der Waals surface area contributed by atoms with Crippen LogP contribution in [0.2, 0.25) is 0 Å². The van der Waals surface area contributed by atoms with Crippen LogP contribution in [0.15, 0.2) is 29.4 Å². The highest BCUT2D eigenvalue weighted by atomic mass is 32.2. The van der Waals surface area contributed by atoms with Gasteiger partial charge in [-0.1, -0.05) is 11.8 Å². The van der Waals surface area contributed by atoms with E-state index in [0.717, 1.165) is 23.5 Å². The molecule has 0 spiro atoms. The molecule has 0 saturated carbocycles. The van der Waals surface area contributed by atoms with Crippen LogP contribution in [0.3, 0.4) is 0 Å². The first-order valence-corrected chi connectivity index (χ1v) is 7.74. The Hall–Kier alpha value is -2.35. The lowest BCUT2D eigenvalue weighted by Crippen LogP contribution is -2.05. The topological polar surface area (TPSA) is 60.2 Å². The summed E-state index contributed by atoms with van der Waals surface area (Å²) < 4.78 is 27.8. The summed E-state index contributed by atoms with van der Waals surface area (Å²) in [5.74, 6) is -1.83. The molecule has 5 nitrogen and oxygen atoms in total. The molecule has 3 rings (SSSR count). The van der Waals surface area contributed by atoms with Crippen molar-refractivity contribution in [3.8, 4) is 0 Å². The maximum absolute atomic E-state index is 13.2. The fourth-order valence-corrected chi connectivity index (χ4v) is 3.06. The van der Waals surface area contributed by atoms with E-state index in [1.165, 1.54) is 17.8 Å². The molecule has 118 valence electrons. The average Bonchev–Trinajstić information content (AvgIpc) is 2.90. The first-order valence-electron chi connectivity index (χ1n) is 6.76. The number of benzene rings is 1. The van der Waals surface area contributed by atoms with E-state index in [9.17, 15) is 13.6 Å². The van der Waals surface area contributed by atoms with E-state index in [1.807, 2.05) is 19.9 Å². The van der Waals surface area contributed by atoms with Crippen molar-refractivity contribution in [1.29, 1.82) is 0 Å². The van der Waals surface area contributed by atoms with Crippen molar-refractivity contribution >= 4 is 23.3 Å². The van der Waals surface area contributed by atoms with Gasteiger partial charge in [0, 0.05) is 17.0 Å². The van der Waals surface area contributed by atoms with Crippen molar-refractivity contribution in [1.82, 2.24) is 19.6 Å². The molecular weight excluding hydrogens is 322 g/mol. The summed E-state index contributed by atoms with van der Waals surface area (Å²) in [7, 11) is 0. The molecule has 0 unspecified atom stereocenters. The molecular formula is C15H12F2N4OS. The number of hydrogen-bond acceptors (Lipinski definition) is 5. The number of ketones is 1. The van der Waals surface area contributed by atoms with Crippen molar-refractivity contribution in [2.75, 3.05) is 5.75 Å². The molecule has 2 heterocycles. The number of aryl methyl sites for hydroxylation is 2. The minimum absolute atomic E-state index is 0.0409. The Kier molecular flexibility index (Phi) is 4.08. The maximum atomic E-state index is 13.2. The monoisotopic (exact) mass is 334 g/mol. The lowest BCUT2D eigenvalue weighted by Gasteiger charge is -2.04. The Bertz CT molecular complexity index is 910. The molecule has 3 aromatic rings. The number of thioether (sulfide) groups is 1. The SMILES string of the molecule is Cc1cc(C)n2c(SCC(=O)c3ccc(F)c(F)c3)nnc2n1. The highest BCUT2D eigenvalue weighted by molar-refractivity contribution is 7.99. The van der Waals surface area contributed by atoms with E-state index in [-0.39, 0.29) is 17.1 Å². The number of hydrogen-bond donors (Lipinski definition) is 0. The molecule has 0 bridgehead atoms. The van der Waals surface area contributed by atoms with Crippen molar-refractivity contribution in [2.45, 2.75) is 19.0 Å². The number of fused-ring (bicyclic) bond motifs is 1. The molecule has 0 atom stereocenters. The van der Waals surface area contributed by atoms with E-state index < -0.39 is 11.6 Å². The predicted molar refractivity (Wildman–Crippen MR) is 81.7 cm³/mol. The molecule has 23 heavy (non-hydrogen) atoms. The zero-order valence-electron chi connectivity index (χ0n) is 12.4. The minimum Gasteiger partial charge on any atom is -0.293 e. The van der Waals surface area contributed by atoms with E-state index in [2.05, 4.69) is 15.2 Å². The largest absolute Gasteiger partial charge is 0.293 e. The van der Waals surface area contributed by atoms with E-state index >= 15 is 0 Å². The number of carbonyl (C=O) groups is 1. The molecule has 0 fully saturated rings. The third-order valence-electron chi connectivity index (χ3n) is 3.24. The van der Waals surface area contributed by atoms with Gasteiger partial charge in [-0.25, -0.2) is 13.8 Å². The number of Topliss-reactive ketones (excluding diaryl/α,β-unsaturated/α-hetero) is 1. The van der Waals surface area contributed by atoms with Crippen LogP contribution >= 0.6 is 11.8 Å². The highest BCUT2D eigenvalue weighted by Gasteiger charge is 2.14. The second-order valence-corrected chi connectivity index (χ2v) is 5.94. The van der Waals surface area contributed by atoms with Crippen LogP contribution in [0.4, 0.5) is 8.78 Å². The second kappa shape index (κ2) is 6.04. The maximum Gasteiger partial charge on any atom is 0.256 e. The first kappa shape index (κ1) is 15.5. The normalized spacial score (nSPS) is 11.1. The first-order chi connectivity index (χ1) is 11.0. The minimum atomic E-state index is -1.04. The van der Waals surface area contributed by atoms with Gasteiger partial charge in [0.2, 0.25) is 0 Å². The predicted octanol–water partition coefficient (Wildman–Crippen LogP) is 2.99. The molecule has 0 aliphatic rings.